The van der Waals surface area contributed by atoms with Crippen LogP contribution in [-0.4, -0.2) is 31.1 Å². The average Bonchev–Trinajstić information content (AvgIpc) is 2.68. The molecule has 0 radical (unpaired) electrons. The van der Waals surface area contributed by atoms with E-state index in [0.29, 0.717) is 28.6 Å². The van der Waals surface area contributed by atoms with E-state index in [-0.39, 0.29) is 6.42 Å². The van der Waals surface area contributed by atoms with Crippen LogP contribution in [0.2, 0.25) is 5.02 Å². The van der Waals surface area contributed by atoms with Gasteiger partial charge in [0.2, 0.25) is 0 Å². The summed E-state index contributed by atoms with van der Waals surface area (Å²) in [7, 11) is 0. The number of nitrogens with one attached hydrogen (secondary N) is 2. The second-order valence-corrected chi connectivity index (χ2v) is 6.39. The van der Waals surface area contributed by atoms with Gasteiger partial charge in [-0.3, -0.25) is 9.59 Å². The van der Waals surface area contributed by atoms with Crippen LogP contribution in [0.3, 0.4) is 0 Å². The highest BCUT2D eigenvalue weighted by Crippen LogP contribution is 2.23. The van der Waals surface area contributed by atoms with E-state index < -0.39 is 30.6 Å². The van der Waals surface area contributed by atoms with Gasteiger partial charge in [0.15, 0.2) is 6.61 Å². The van der Waals surface area contributed by atoms with Crippen molar-refractivity contribution in [1.82, 2.24) is 5.32 Å². The number of nitrogens with two attached hydrogens (primary N) is 1. The number of hydrogen-bond donors (Lipinski definition) is 3. The van der Waals surface area contributed by atoms with Crippen LogP contribution in [0.4, 0.5) is 10.5 Å². The van der Waals surface area contributed by atoms with Gasteiger partial charge in [-0.15, -0.1) is 0 Å². The highest BCUT2D eigenvalue weighted by Gasteiger charge is 2.19. The van der Waals surface area contributed by atoms with Crippen LogP contribution in [0.15, 0.2) is 48.5 Å². The van der Waals surface area contributed by atoms with E-state index in [1.54, 1.807) is 48.5 Å². The van der Waals surface area contributed by atoms with Gasteiger partial charge in [0.25, 0.3) is 5.91 Å². The SMILES string of the molecule is CCOc1ccccc1NC(=O)COC(=O)C[C@H](NC(N)=O)c1ccc(Cl)cc1. The molecule has 0 bridgehead atoms. The van der Waals surface area contributed by atoms with E-state index in [1.165, 1.54) is 0 Å². The zero-order valence-corrected chi connectivity index (χ0v) is 16.6. The van der Waals surface area contributed by atoms with Crippen LogP contribution in [0.25, 0.3) is 0 Å². The minimum Gasteiger partial charge on any atom is -0.492 e. The Morgan fingerprint density at radius 3 is 2.45 bits per heavy atom. The summed E-state index contributed by atoms with van der Waals surface area (Å²) >= 11 is 5.85. The molecule has 0 saturated carbocycles. The first kappa shape index (κ1) is 22.0. The van der Waals surface area contributed by atoms with Crippen LogP contribution >= 0.6 is 11.6 Å². The molecule has 1 atom stereocenters. The summed E-state index contributed by atoms with van der Waals surface area (Å²) in [4.78, 5) is 35.5. The number of carbonyl (C=O) groups excluding carboxylic acids is 3. The zero-order valence-electron chi connectivity index (χ0n) is 15.8. The number of urea groups is 1. The van der Waals surface area contributed by atoms with Crippen molar-refractivity contribution in [2.24, 2.45) is 5.73 Å². The maximum Gasteiger partial charge on any atom is 0.312 e. The molecule has 0 saturated heterocycles. The molecule has 0 aromatic heterocycles. The topological polar surface area (TPSA) is 120 Å². The van der Waals surface area contributed by atoms with E-state index >= 15 is 0 Å². The third kappa shape index (κ3) is 7.34. The van der Waals surface area contributed by atoms with Crippen molar-refractivity contribution in [3.8, 4) is 5.75 Å². The first-order valence-electron chi connectivity index (χ1n) is 8.87. The van der Waals surface area contributed by atoms with Crippen LogP contribution in [0.5, 0.6) is 5.75 Å². The van der Waals surface area contributed by atoms with E-state index in [9.17, 15) is 14.4 Å². The van der Waals surface area contributed by atoms with E-state index in [0.717, 1.165) is 0 Å². The van der Waals surface area contributed by atoms with Crippen LogP contribution < -0.4 is 21.1 Å². The summed E-state index contributed by atoms with van der Waals surface area (Å²) in [6.07, 6.45) is -0.201. The molecular formula is C20H22ClN3O5. The van der Waals surface area contributed by atoms with Crippen molar-refractivity contribution in [2.75, 3.05) is 18.5 Å². The minimum atomic E-state index is -0.789. The first-order chi connectivity index (χ1) is 13.9. The molecule has 0 aliphatic heterocycles. The van der Waals surface area contributed by atoms with Gasteiger partial charge in [0.1, 0.15) is 5.75 Å². The molecule has 0 unspecified atom stereocenters. The lowest BCUT2D eigenvalue weighted by Crippen LogP contribution is -2.35. The lowest BCUT2D eigenvalue weighted by Gasteiger charge is -2.17. The van der Waals surface area contributed by atoms with Crippen molar-refractivity contribution in [3.63, 3.8) is 0 Å². The number of benzene rings is 2. The summed E-state index contributed by atoms with van der Waals surface area (Å²) in [5.74, 6) is -0.675. The lowest BCUT2D eigenvalue weighted by molar-refractivity contribution is -0.147. The van der Waals surface area contributed by atoms with Crippen LogP contribution in [0.1, 0.15) is 24.9 Å². The van der Waals surface area contributed by atoms with Gasteiger partial charge >= 0.3 is 12.0 Å². The summed E-state index contributed by atoms with van der Waals surface area (Å²) in [6, 6.07) is 12.0. The summed E-state index contributed by atoms with van der Waals surface area (Å²) in [5, 5.41) is 5.61. The molecule has 0 aliphatic rings. The Balaban J connectivity index is 1.92. The number of rotatable bonds is 9. The van der Waals surface area contributed by atoms with Gasteiger partial charge in [-0.1, -0.05) is 35.9 Å². The van der Waals surface area contributed by atoms with Crippen molar-refractivity contribution in [3.05, 3.63) is 59.1 Å². The minimum absolute atomic E-state index is 0.201. The molecule has 0 spiro atoms. The molecule has 2 aromatic rings. The van der Waals surface area contributed by atoms with Crippen molar-refractivity contribution < 1.29 is 23.9 Å². The predicted molar refractivity (Wildman–Crippen MR) is 109 cm³/mol. The van der Waals surface area contributed by atoms with E-state index in [1.807, 2.05) is 6.92 Å². The van der Waals surface area contributed by atoms with Crippen molar-refractivity contribution in [1.29, 1.82) is 0 Å². The Morgan fingerprint density at radius 2 is 1.79 bits per heavy atom. The standard InChI is InChI=1S/C20H22ClN3O5/c1-2-28-17-6-4-3-5-15(17)23-18(25)12-29-19(26)11-16(24-20(22)27)13-7-9-14(21)10-8-13/h3-10,16H,2,11-12H2,1H3,(H,23,25)(H3,22,24,27)/t16-/m0/s1. The maximum atomic E-state index is 12.2. The van der Waals surface area contributed by atoms with Gasteiger partial charge in [0.05, 0.1) is 24.8 Å². The van der Waals surface area contributed by atoms with E-state index in [2.05, 4.69) is 10.6 Å². The van der Waals surface area contributed by atoms with Crippen LogP contribution in [-0.2, 0) is 14.3 Å². The van der Waals surface area contributed by atoms with Gasteiger partial charge in [-0.25, -0.2) is 4.79 Å². The molecule has 3 amide bonds. The van der Waals surface area contributed by atoms with Gasteiger partial charge < -0.3 is 25.8 Å². The molecule has 8 nitrogen and oxygen atoms in total. The molecule has 2 aromatic carbocycles. The number of anilines is 1. The predicted octanol–water partition coefficient (Wildman–Crippen LogP) is 3.02. The molecule has 2 rings (SSSR count). The van der Waals surface area contributed by atoms with Gasteiger partial charge in [-0.2, -0.15) is 0 Å². The summed E-state index contributed by atoms with van der Waals surface area (Å²) in [6.45, 7) is 1.79. The van der Waals surface area contributed by atoms with Gasteiger partial charge in [-0.05, 0) is 36.8 Å². The third-order valence-corrected chi connectivity index (χ3v) is 4.04. The number of primary amides is 1. The quantitative estimate of drug-likeness (QED) is 0.539. The van der Waals surface area contributed by atoms with E-state index in [4.69, 9.17) is 26.8 Å². The Bertz CT molecular complexity index is 857. The molecular weight excluding hydrogens is 398 g/mol. The smallest absolute Gasteiger partial charge is 0.312 e. The monoisotopic (exact) mass is 419 g/mol. The Hall–Kier alpha value is -3.26. The second kappa shape index (κ2) is 10.9. The molecule has 0 heterocycles. The molecule has 4 N–H and O–H groups in total. The molecule has 0 fully saturated rings. The third-order valence-electron chi connectivity index (χ3n) is 3.78. The fourth-order valence-corrected chi connectivity index (χ4v) is 2.65. The Kier molecular flexibility index (Phi) is 8.29. The van der Waals surface area contributed by atoms with Crippen molar-refractivity contribution in [2.45, 2.75) is 19.4 Å². The average molecular weight is 420 g/mol. The van der Waals surface area contributed by atoms with Crippen LogP contribution in [0, 0.1) is 0 Å². The lowest BCUT2D eigenvalue weighted by atomic mass is 10.0. The second-order valence-electron chi connectivity index (χ2n) is 5.95. The largest absolute Gasteiger partial charge is 0.492 e. The fourth-order valence-electron chi connectivity index (χ4n) is 2.53. The Morgan fingerprint density at radius 1 is 1.10 bits per heavy atom. The number of para-hydroxylation sites is 2. The zero-order chi connectivity index (χ0) is 21.2. The highest BCUT2D eigenvalue weighted by molar-refractivity contribution is 6.30. The summed E-state index contributed by atoms with van der Waals surface area (Å²) in [5.41, 5.74) is 6.28. The number of amides is 3. The number of hydrogen-bond acceptors (Lipinski definition) is 5. The fraction of sp³-hybridized carbons (Fsp3) is 0.250. The van der Waals surface area contributed by atoms with Gasteiger partial charge in [0, 0.05) is 5.02 Å². The molecule has 0 aliphatic carbocycles. The first-order valence-corrected chi connectivity index (χ1v) is 9.25. The van der Waals surface area contributed by atoms with Crippen molar-refractivity contribution >= 4 is 35.2 Å². The number of halogens is 1. The number of esters is 1. The Labute approximate surface area is 173 Å². The highest BCUT2D eigenvalue weighted by atomic mass is 35.5. The molecule has 9 heteroatoms. The number of ether oxygens (including phenoxy) is 2. The normalized spacial score (nSPS) is 11.2. The molecule has 29 heavy (non-hydrogen) atoms. The molecule has 154 valence electrons. The number of carbonyl (C=O) groups is 3. The summed E-state index contributed by atoms with van der Waals surface area (Å²) < 4.78 is 10.4. The maximum absolute atomic E-state index is 12.2.